The van der Waals surface area contributed by atoms with Crippen LogP contribution in [-0.2, 0) is 5.41 Å². The smallest absolute Gasteiger partial charge is 0.187 e. The molecule has 2 heterocycles. The van der Waals surface area contributed by atoms with Crippen LogP contribution in [0.5, 0.6) is 0 Å². The van der Waals surface area contributed by atoms with Crippen molar-refractivity contribution in [2.45, 2.75) is 123 Å². The van der Waals surface area contributed by atoms with Gasteiger partial charge in [0.05, 0.1) is 40.6 Å². The van der Waals surface area contributed by atoms with Crippen molar-refractivity contribution in [3.05, 3.63) is 185 Å². The molecule has 8 aromatic rings. The number of nitrogens with zero attached hydrogens (tertiary/aromatic N) is 4. The van der Waals surface area contributed by atoms with Crippen molar-refractivity contribution in [3.8, 4) is 62.2 Å². The average molecular weight is 877 g/mol. The monoisotopic (exact) mass is 877 g/mol. The largest absolute Gasteiger partial charge is 0.307 e. The number of rotatable bonds is 19. The van der Waals surface area contributed by atoms with Gasteiger partial charge in [-0.3, -0.25) is 0 Å². The number of aromatic nitrogens is 2. The van der Waals surface area contributed by atoms with Gasteiger partial charge in [-0.15, -0.1) is 0 Å². The first kappa shape index (κ1) is 45.3. The number of nitriles is 1. The number of hydrogen-bond donors (Lipinski definition) is 0. The molecule has 4 heteroatoms. The number of aryl methyl sites for hydroxylation is 2. The summed E-state index contributed by atoms with van der Waals surface area (Å²) < 4.78 is 4.88. The Hall–Kier alpha value is -6.88. The lowest BCUT2D eigenvalue weighted by molar-refractivity contribution is 0.398. The first-order valence-electron chi connectivity index (χ1n) is 25.1. The van der Waals surface area contributed by atoms with Gasteiger partial charge < -0.3 is 9.13 Å². The molecule has 0 saturated carbocycles. The quantitative estimate of drug-likeness (QED) is 0.0589. The van der Waals surface area contributed by atoms with E-state index in [-0.39, 0.29) is 5.41 Å². The molecule has 9 rings (SSSR count). The maximum Gasteiger partial charge on any atom is 0.187 e. The first-order valence-corrected chi connectivity index (χ1v) is 25.1. The Balaban J connectivity index is 1.32. The van der Waals surface area contributed by atoms with Crippen molar-refractivity contribution in [3.63, 3.8) is 0 Å². The molecule has 0 unspecified atom stereocenters. The van der Waals surface area contributed by atoms with E-state index in [0.29, 0.717) is 11.3 Å². The second-order valence-electron chi connectivity index (χ2n) is 19.1. The molecule has 0 N–H and O–H groups in total. The molecule has 0 spiro atoms. The summed E-state index contributed by atoms with van der Waals surface area (Å²) in [5, 5.41) is 9.80. The van der Waals surface area contributed by atoms with Gasteiger partial charge in [-0.2, -0.15) is 5.26 Å². The van der Waals surface area contributed by atoms with E-state index in [9.17, 15) is 5.26 Å². The van der Waals surface area contributed by atoms with Crippen LogP contribution in [0.2, 0.25) is 0 Å². The fourth-order valence-corrected chi connectivity index (χ4v) is 11.0. The van der Waals surface area contributed by atoms with E-state index in [0.717, 1.165) is 50.5 Å². The highest BCUT2D eigenvalue weighted by molar-refractivity contribution is 6.08. The zero-order chi connectivity index (χ0) is 46.3. The summed E-state index contributed by atoms with van der Waals surface area (Å²) in [4.78, 5) is 3.80. The van der Waals surface area contributed by atoms with Gasteiger partial charge in [0.1, 0.15) is 0 Å². The zero-order valence-corrected chi connectivity index (χ0v) is 40.0. The Morgan fingerprint density at radius 3 is 1.67 bits per heavy atom. The number of benzene rings is 6. The Morgan fingerprint density at radius 1 is 0.537 bits per heavy atom. The molecule has 0 bridgehead atoms. The molecule has 0 atom stereocenters. The van der Waals surface area contributed by atoms with Crippen LogP contribution < -0.4 is 0 Å². The first-order chi connectivity index (χ1) is 32.9. The SMILES string of the molecule is [C-]#[N+]c1ccc(-c2c(-c3ccc4c(c3)-c3ccccc3C4(CCCCCCCC)CCCCCCCC)c3c(cc(-c4ccc(C#N)cc4)n3-c3ccc(C)cc3)n2-c2ccc(C)cc2)cc1. The summed E-state index contributed by atoms with van der Waals surface area (Å²) in [6.07, 6.45) is 17.9. The van der Waals surface area contributed by atoms with Gasteiger partial charge >= 0.3 is 0 Å². The predicted octanol–water partition coefficient (Wildman–Crippen LogP) is 18.2. The summed E-state index contributed by atoms with van der Waals surface area (Å²) in [6.45, 7) is 16.7. The Bertz CT molecular complexity index is 2990. The number of unbranched alkanes of at least 4 members (excludes halogenated alkanes) is 10. The average Bonchev–Trinajstić information content (AvgIpc) is 4.00. The number of fused-ring (bicyclic) bond motifs is 4. The summed E-state index contributed by atoms with van der Waals surface area (Å²) in [7, 11) is 0. The van der Waals surface area contributed by atoms with Crippen molar-refractivity contribution >= 4 is 16.7 Å². The van der Waals surface area contributed by atoms with Crippen LogP contribution in [0.15, 0.2) is 146 Å². The number of hydrogen-bond acceptors (Lipinski definition) is 1. The minimum atomic E-state index is -0.0214. The molecule has 0 saturated heterocycles. The molecule has 336 valence electrons. The van der Waals surface area contributed by atoms with Crippen LogP contribution in [0.4, 0.5) is 5.69 Å². The lowest BCUT2D eigenvalue weighted by Crippen LogP contribution is -2.25. The van der Waals surface area contributed by atoms with Crippen LogP contribution in [0.25, 0.3) is 72.0 Å². The van der Waals surface area contributed by atoms with E-state index in [1.54, 1.807) is 0 Å². The highest BCUT2D eigenvalue weighted by Crippen LogP contribution is 2.56. The third-order valence-corrected chi connectivity index (χ3v) is 14.6. The third-order valence-electron chi connectivity index (χ3n) is 14.6. The molecule has 0 fully saturated rings. The topological polar surface area (TPSA) is 38.0 Å². The van der Waals surface area contributed by atoms with Gasteiger partial charge in [-0.25, -0.2) is 4.85 Å². The zero-order valence-electron chi connectivity index (χ0n) is 40.0. The van der Waals surface area contributed by atoms with E-state index >= 15 is 0 Å². The van der Waals surface area contributed by atoms with Crippen LogP contribution in [-0.4, -0.2) is 9.13 Å². The Morgan fingerprint density at radius 2 is 1.07 bits per heavy atom. The van der Waals surface area contributed by atoms with Gasteiger partial charge in [-0.1, -0.05) is 199 Å². The minimum absolute atomic E-state index is 0.0214. The highest BCUT2D eigenvalue weighted by atomic mass is 15.1. The van der Waals surface area contributed by atoms with E-state index in [1.807, 2.05) is 24.3 Å². The molecule has 0 radical (unpaired) electrons. The van der Waals surface area contributed by atoms with Crippen molar-refractivity contribution in [2.75, 3.05) is 0 Å². The van der Waals surface area contributed by atoms with E-state index in [1.165, 1.54) is 129 Å². The van der Waals surface area contributed by atoms with Crippen LogP contribution in [0.1, 0.15) is 132 Å². The van der Waals surface area contributed by atoms with Crippen molar-refractivity contribution in [2.24, 2.45) is 0 Å². The molecular weight excluding hydrogens is 813 g/mol. The van der Waals surface area contributed by atoms with E-state index < -0.39 is 0 Å². The molecule has 6 aromatic carbocycles. The summed E-state index contributed by atoms with van der Waals surface area (Å²) in [6, 6.07) is 55.4. The van der Waals surface area contributed by atoms with Gasteiger partial charge in [0, 0.05) is 22.4 Å². The Labute approximate surface area is 399 Å². The standard InChI is InChI=1S/C63H64N4/c1-6-8-10-12-14-18-40-63(41-19-15-13-11-9-7-2)56-21-17-16-20-54(56)55-42-50(32-39-57(55)63)60-61(49-30-33-51(65-5)34-31-49)67(53-37-24-46(4)25-38-53)59-43-58(48-28-26-47(44-64)27-29-48)66(62(59)60)52-35-22-45(3)23-36-52/h16-17,20-39,42-43H,6-15,18-19,40-41H2,1-4H3. The maximum atomic E-state index is 9.80. The van der Waals surface area contributed by atoms with Crippen molar-refractivity contribution in [1.29, 1.82) is 5.26 Å². The maximum absolute atomic E-state index is 9.80. The fourth-order valence-electron chi connectivity index (χ4n) is 11.0. The van der Waals surface area contributed by atoms with Gasteiger partial charge in [-0.05, 0) is 114 Å². The fraction of sp³-hybridized carbons (Fsp3) is 0.302. The van der Waals surface area contributed by atoms with Gasteiger partial charge in [0.2, 0.25) is 0 Å². The molecule has 2 aromatic heterocycles. The highest BCUT2D eigenvalue weighted by Gasteiger charge is 2.42. The normalized spacial score (nSPS) is 12.5. The summed E-state index contributed by atoms with van der Waals surface area (Å²) in [5.41, 5.74) is 20.3. The van der Waals surface area contributed by atoms with E-state index in [2.05, 4.69) is 169 Å². The third kappa shape index (κ3) is 8.91. The van der Waals surface area contributed by atoms with Crippen molar-refractivity contribution < 1.29 is 0 Å². The summed E-state index contributed by atoms with van der Waals surface area (Å²) >= 11 is 0. The van der Waals surface area contributed by atoms with E-state index in [4.69, 9.17) is 6.57 Å². The van der Waals surface area contributed by atoms with Crippen LogP contribution in [0, 0.1) is 31.8 Å². The lowest BCUT2D eigenvalue weighted by atomic mass is 9.70. The molecule has 67 heavy (non-hydrogen) atoms. The molecular formula is C63H64N4. The molecule has 1 aliphatic carbocycles. The lowest BCUT2D eigenvalue weighted by Gasteiger charge is -2.33. The molecule has 1 aliphatic rings. The van der Waals surface area contributed by atoms with Crippen molar-refractivity contribution in [1.82, 2.24) is 9.13 Å². The van der Waals surface area contributed by atoms with Gasteiger partial charge in [0.15, 0.2) is 5.69 Å². The van der Waals surface area contributed by atoms with Gasteiger partial charge in [0.25, 0.3) is 0 Å². The van der Waals surface area contributed by atoms with Crippen LogP contribution >= 0.6 is 0 Å². The van der Waals surface area contributed by atoms with Crippen LogP contribution in [0.3, 0.4) is 0 Å². The minimum Gasteiger partial charge on any atom is -0.307 e. The Kier molecular flexibility index (Phi) is 13.7. The molecule has 0 amide bonds. The molecule has 0 aliphatic heterocycles. The molecule has 4 nitrogen and oxygen atoms in total. The summed E-state index contributed by atoms with van der Waals surface area (Å²) in [5.74, 6) is 0. The second kappa shape index (κ2) is 20.3. The second-order valence-corrected chi connectivity index (χ2v) is 19.1. The predicted molar refractivity (Wildman–Crippen MR) is 282 cm³/mol.